The van der Waals surface area contributed by atoms with Crippen molar-refractivity contribution in [2.75, 3.05) is 25.4 Å². The van der Waals surface area contributed by atoms with Crippen LogP contribution >= 0.6 is 0 Å². The van der Waals surface area contributed by atoms with Gasteiger partial charge in [0.2, 0.25) is 0 Å². The zero-order valence-electron chi connectivity index (χ0n) is 19.6. The van der Waals surface area contributed by atoms with Gasteiger partial charge >= 0.3 is 0 Å². The lowest BCUT2D eigenvalue weighted by molar-refractivity contribution is 0.553. The number of allylic oxidation sites excluding steroid dienone is 13. The van der Waals surface area contributed by atoms with Crippen LogP contribution in [0.2, 0.25) is 0 Å². The lowest BCUT2D eigenvalue weighted by Gasteiger charge is -2.40. The standard InChI is InChI=1S/C28H38N2O2S/c29-18-9-20-30-19-6-4-2-1-3-5-7-21-33(31,32)26-17-15-24-13-12-22-10-8-11-23-14-16-25(26)28(24)27(22)23/h8,10-17,27-28,30H,1-7,9,18-21,29H2. The van der Waals surface area contributed by atoms with Crippen molar-refractivity contribution < 1.29 is 8.42 Å². The minimum Gasteiger partial charge on any atom is -0.330 e. The van der Waals surface area contributed by atoms with Gasteiger partial charge in [0.15, 0.2) is 9.84 Å². The van der Waals surface area contributed by atoms with Crippen molar-refractivity contribution in [3.63, 3.8) is 0 Å². The summed E-state index contributed by atoms with van der Waals surface area (Å²) in [6.45, 7) is 2.84. The van der Waals surface area contributed by atoms with E-state index in [1.807, 2.05) is 18.2 Å². The van der Waals surface area contributed by atoms with Gasteiger partial charge in [-0.25, -0.2) is 8.42 Å². The molecule has 4 aliphatic carbocycles. The highest BCUT2D eigenvalue weighted by atomic mass is 32.2. The van der Waals surface area contributed by atoms with Gasteiger partial charge in [-0.1, -0.05) is 80.7 Å². The average Bonchev–Trinajstić information content (AvgIpc) is 2.83. The molecule has 0 aromatic heterocycles. The van der Waals surface area contributed by atoms with Crippen molar-refractivity contribution in [2.24, 2.45) is 17.6 Å². The first-order valence-electron chi connectivity index (χ1n) is 12.7. The van der Waals surface area contributed by atoms with Crippen LogP contribution in [0.1, 0.15) is 51.4 Å². The molecule has 0 aromatic rings. The second kappa shape index (κ2) is 11.5. The van der Waals surface area contributed by atoms with E-state index in [1.54, 1.807) is 0 Å². The Labute approximate surface area is 199 Å². The summed E-state index contributed by atoms with van der Waals surface area (Å²) in [7, 11) is -3.28. The van der Waals surface area contributed by atoms with Gasteiger partial charge in [0.05, 0.1) is 10.7 Å². The first kappa shape index (κ1) is 24.2. The molecule has 2 unspecified atom stereocenters. The summed E-state index contributed by atoms with van der Waals surface area (Å²) in [6.07, 6.45) is 27.5. The van der Waals surface area contributed by atoms with Gasteiger partial charge in [-0.05, 0) is 67.3 Å². The maximum atomic E-state index is 13.3. The number of rotatable bonds is 14. The molecule has 0 saturated carbocycles. The van der Waals surface area contributed by atoms with Gasteiger partial charge in [0.1, 0.15) is 0 Å². The van der Waals surface area contributed by atoms with Crippen molar-refractivity contribution in [3.8, 4) is 0 Å². The highest BCUT2D eigenvalue weighted by Gasteiger charge is 2.40. The maximum absolute atomic E-state index is 13.3. The van der Waals surface area contributed by atoms with Crippen LogP contribution in [0.25, 0.3) is 0 Å². The highest BCUT2D eigenvalue weighted by Crippen LogP contribution is 2.50. The van der Waals surface area contributed by atoms with Crippen LogP contribution in [0.5, 0.6) is 0 Å². The molecule has 5 heteroatoms. The van der Waals surface area contributed by atoms with Gasteiger partial charge in [0.25, 0.3) is 0 Å². The van der Waals surface area contributed by atoms with Crippen molar-refractivity contribution in [3.05, 3.63) is 81.9 Å². The summed E-state index contributed by atoms with van der Waals surface area (Å²) < 4.78 is 26.5. The van der Waals surface area contributed by atoms with Crippen molar-refractivity contribution in [1.29, 1.82) is 0 Å². The van der Waals surface area contributed by atoms with Crippen LogP contribution < -0.4 is 11.1 Å². The van der Waals surface area contributed by atoms with Crippen molar-refractivity contribution in [1.82, 2.24) is 5.32 Å². The average molecular weight is 467 g/mol. The molecule has 0 heterocycles. The summed E-state index contributed by atoms with van der Waals surface area (Å²) in [5.41, 5.74) is 10.2. The predicted octanol–water partition coefficient (Wildman–Crippen LogP) is 5.06. The van der Waals surface area contributed by atoms with Crippen LogP contribution in [-0.2, 0) is 9.84 Å². The molecule has 33 heavy (non-hydrogen) atoms. The minimum atomic E-state index is -3.28. The first-order chi connectivity index (χ1) is 16.1. The number of hydrogen-bond acceptors (Lipinski definition) is 4. The Morgan fingerprint density at radius 1 is 0.697 bits per heavy atom. The molecule has 0 radical (unpaired) electrons. The molecule has 0 saturated heterocycles. The SMILES string of the molecule is NCCCNCCCCCCCCCS(=O)(=O)C1=C2C=CC3=CC=CC4=CC=C(C=C1)C2C34. The third kappa shape index (κ3) is 5.76. The summed E-state index contributed by atoms with van der Waals surface area (Å²) in [5.74, 6) is 0.628. The number of nitrogens with two attached hydrogens (primary N) is 1. The van der Waals surface area contributed by atoms with Gasteiger partial charge < -0.3 is 11.1 Å². The van der Waals surface area contributed by atoms with Gasteiger partial charge in [-0.15, -0.1) is 0 Å². The molecule has 0 bridgehead atoms. The zero-order valence-corrected chi connectivity index (χ0v) is 20.5. The number of sulfone groups is 1. The monoisotopic (exact) mass is 466 g/mol. The van der Waals surface area contributed by atoms with E-state index in [-0.39, 0.29) is 17.6 Å². The smallest absolute Gasteiger partial charge is 0.178 e. The predicted molar refractivity (Wildman–Crippen MR) is 138 cm³/mol. The lowest BCUT2D eigenvalue weighted by atomic mass is 9.64. The second-order valence-electron chi connectivity index (χ2n) is 9.49. The normalized spacial score (nSPS) is 22.8. The fraction of sp³-hybridized carbons (Fsp3) is 0.500. The van der Waals surface area contributed by atoms with E-state index in [0.29, 0.717) is 4.91 Å². The first-order valence-corrected chi connectivity index (χ1v) is 14.3. The van der Waals surface area contributed by atoms with E-state index in [9.17, 15) is 8.42 Å². The summed E-state index contributed by atoms with van der Waals surface area (Å²) in [5, 5.41) is 3.42. The Bertz CT molecular complexity index is 1040. The Kier molecular flexibility index (Phi) is 8.39. The molecular formula is C28H38N2O2S. The third-order valence-electron chi connectivity index (χ3n) is 7.12. The van der Waals surface area contributed by atoms with Gasteiger partial charge in [0, 0.05) is 11.8 Å². The quantitative estimate of drug-likeness (QED) is 0.351. The number of hydrogen-bond donors (Lipinski definition) is 2. The van der Waals surface area contributed by atoms with E-state index in [4.69, 9.17) is 5.73 Å². The van der Waals surface area contributed by atoms with Crippen molar-refractivity contribution in [2.45, 2.75) is 51.4 Å². The molecule has 0 aromatic carbocycles. The van der Waals surface area contributed by atoms with Crippen LogP contribution in [0.4, 0.5) is 0 Å². The number of nitrogens with one attached hydrogen (secondary N) is 1. The van der Waals surface area contributed by atoms with E-state index >= 15 is 0 Å². The van der Waals surface area contributed by atoms with Crippen LogP contribution in [0, 0.1) is 11.8 Å². The van der Waals surface area contributed by atoms with Crippen molar-refractivity contribution >= 4 is 9.84 Å². The summed E-state index contributed by atoms with van der Waals surface area (Å²) in [6, 6.07) is 0. The molecule has 3 N–H and O–H groups in total. The Morgan fingerprint density at radius 2 is 1.33 bits per heavy atom. The van der Waals surface area contributed by atoms with Gasteiger partial charge in [-0.2, -0.15) is 0 Å². The Balaban J connectivity index is 1.25. The fourth-order valence-corrected chi connectivity index (χ4v) is 6.98. The Hall–Kier alpha value is -1.95. The summed E-state index contributed by atoms with van der Waals surface area (Å²) >= 11 is 0. The highest BCUT2D eigenvalue weighted by molar-refractivity contribution is 7.95. The molecule has 0 fully saturated rings. The van der Waals surface area contributed by atoms with E-state index in [1.165, 1.54) is 42.4 Å². The van der Waals surface area contributed by atoms with Crippen LogP contribution in [0.3, 0.4) is 0 Å². The molecular weight excluding hydrogens is 428 g/mol. The second-order valence-corrected chi connectivity index (χ2v) is 11.6. The maximum Gasteiger partial charge on any atom is 0.178 e. The third-order valence-corrected chi connectivity index (χ3v) is 8.99. The van der Waals surface area contributed by atoms with E-state index < -0.39 is 9.84 Å². The largest absolute Gasteiger partial charge is 0.330 e. The Morgan fingerprint density at radius 3 is 2.12 bits per heavy atom. The molecule has 178 valence electrons. The minimum absolute atomic E-state index is 0.130. The molecule has 4 nitrogen and oxygen atoms in total. The van der Waals surface area contributed by atoms with Gasteiger partial charge in [-0.3, -0.25) is 0 Å². The molecule has 0 amide bonds. The topological polar surface area (TPSA) is 72.2 Å². The molecule has 2 atom stereocenters. The number of unbranched alkanes of at least 4 members (excludes halogenated alkanes) is 6. The lowest BCUT2D eigenvalue weighted by Crippen LogP contribution is -2.30. The molecule has 0 spiro atoms. The van der Waals surface area contributed by atoms with Crippen LogP contribution in [-0.4, -0.2) is 33.8 Å². The van der Waals surface area contributed by atoms with E-state index in [0.717, 1.165) is 50.9 Å². The molecule has 0 aliphatic heterocycles. The zero-order chi connectivity index (χ0) is 23.1. The molecule has 4 aliphatic rings. The fourth-order valence-electron chi connectivity index (χ4n) is 5.34. The summed E-state index contributed by atoms with van der Waals surface area (Å²) in [4.78, 5) is 0.540. The van der Waals surface area contributed by atoms with E-state index in [2.05, 4.69) is 41.8 Å². The molecule has 4 rings (SSSR count). The van der Waals surface area contributed by atoms with Crippen LogP contribution in [0.15, 0.2) is 81.9 Å².